The molecule has 3 N–H and O–H groups in total. The van der Waals surface area contributed by atoms with Gasteiger partial charge in [0.2, 0.25) is 0 Å². The van der Waals surface area contributed by atoms with E-state index >= 15 is 0 Å². The molecule has 0 saturated carbocycles. The number of benzene rings is 1. The van der Waals surface area contributed by atoms with Crippen molar-refractivity contribution in [2.24, 2.45) is 0 Å². The highest BCUT2D eigenvalue weighted by Gasteiger charge is 2.51. The van der Waals surface area contributed by atoms with E-state index in [-0.39, 0.29) is 40.4 Å². The Morgan fingerprint density at radius 3 is 2.25 bits per heavy atom. The van der Waals surface area contributed by atoms with Crippen molar-refractivity contribution >= 4 is 37.6 Å². The summed E-state index contributed by atoms with van der Waals surface area (Å²) in [7, 11) is -6.28. The van der Waals surface area contributed by atoms with Gasteiger partial charge in [0.05, 0.1) is 17.5 Å². The first-order valence-corrected chi connectivity index (χ1v) is 15.6. The predicted octanol–water partition coefficient (Wildman–Crippen LogP) is 3.46. The Balaban J connectivity index is 1.58. The third-order valence-electron chi connectivity index (χ3n) is 6.79. The van der Waals surface area contributed by atoms with Crippen LogP contribution in [0.1, 0.15) is 12.5 Å². The van der Waals surface area contributed by atoms with E-state index in [4.69, 9.17) is 0 Å². The lowest BCUT2D eigenvalue weighted by Crippen LogP contribution is -2.59. The van der Waals surface area contributed by atoms with Crippen LogP contribution < -0.4 is 4.90 Å². The van der Waals surface area contributed by atoms with E-state index in [2.05, 4.69) is 4.90 Å². The number of piperazine rings is 1. The fourth-order valence-electron chi connectivity index (χ4n) is 4.46. The van der Waals surface area contributed by atoms with Gasteiger partial charge in [-0.3, -0.25) is 14.0 Å². The van der Waals surface area contributed by atoms with Gasteiger partial charge in [-0.1, -0.05) is 18.2 Å². The Morgan fingerprint density at radius 2 is 1.69 bits per heavy atom. The van der Waals surface area contributed by atoms with Crippen molar-refractivity contribution in [3.05, 3.63) is 47.3 Å². The summed E-state index contributed by atoms with van der Waals surface area (Å²) in [6, 6.07) is 8.42. The molecule has 0 amide bonds. The standard InChI is InChI=1S/C22H30F3N3O5S3/c1-21(29,22(23,24)25)17-4-6-18(7-5-17)28-9-8-27(36(32,33)20-3-2-12-34-20)16-19(28)15-26-10-13-35(30,31)14-11-26/h2-7,12,19,29-31H,8-11,13-16H2,1H3/t19-,21?/m0/s1. The monoisotopic (exact) mass is 569 g/mol. The van der Waals surface area contributed by atoms with Crippen molar-refractivity contribution in [3.63, 3.8) is 0 Å². The molecule has 2 saturated heterocycles. The summed E-state index contributed by atoms with van der Waals surface area (Å²) in [6.07, 6.45) is -4.83. The zero-order valence-corrected chi connectivity index (χ0v) is 22.1. The molecule has 2 fully saturated rings. The summed E-state index contributed by atoms with van der Waals surface area (Å²) in [5.41, 5.74) is -2.65. The second-order valence-corrected chi connectivity index (χ2v) is 14.8. The summed E-state index contributed by atoms with van der Waals surface area (Å²) < 4.78 is 87.7. The van der Waals surface area contributed by atoms with Gasteiger partial charge in [-0.15, -0.1) is 11.3 Å². The molecule has 36 heavy (non-hydrogen) atoms. The van der Waals surface area contributed by atoms with Gasteiger partial charge in [-0.25, -0.2) is 8.42 Å². The molecular formula is C22H30F3N3O5S3. The van der Waals surface area contributed by atoms with Crippen LogP contribution in [0.4, 0.5) is 18.9 Å². The Morgan fingerprint density at radius 1 is 1.06 bits per heavy atom. The van der Waals surface area contributed by atoms with Crippen LogP contribution in [0.25, 0.3) is 0 Å². The van der Waals surface area contributed by atoms with Gasteiger partial charge in [0.1, 0.15) is 4.21 Å². The lowest BCUT2D eigenvalue weighted by atomic mass is 9.95. The average Bonchev–Trinajstić information content (AvgIpc) is 3.36. The predicted molar refractivity (Wildman–Crippen MR) is 135 cm³/mol. The minimum absolute atomic E-state index is 0.176. The van der Waals surface area contributed by atoms with Gasteiger partial charge in [0, 0.05) is 45.0 Å². The van der Waals surface area contributed by atoms with Crippen LogP contribution in [0, 0.1) is 0 Å². The highest BCUT2D eigenvalue weighted by Crippen LogP contribution is 2.41. The number of anilines is 1. The number of sulfonamides is 1. The van der Waals surface area contributed by atoms with Crippen molar-refractivity contribution in [2.45, 2.75) is 29.0 Å². The van der Waals surface area contributed by atoms with E-state index in [9.17, 15) is 35.8 Å². The number of alkyl halides is 3. The first kappa shape index (κ1) is 27.6. The summed E-state index contributed by atoms with van der Waals surface area (Å²) in [6.45, 7) is 2.78. The number of hydrogen-bond acceptors (Lipinski definition) is 8. The van der Waals surface area contributed by atoms with E-state index in [1.807, 2.05) is 4.90 Å². The number of thiophene rings is 1. The van der Waals surface area contributed by atoms with Crippen molar-refractivity contribution in [1.82, 2.24) is 9.21 Å². The molecule has 2 atom stereocenters. The van der Waals surface area contributed by atoms with Gasteiger partial charge >= 0.3 is 6.18 Å². The second-order valence-electron chi connectivity index (χ2n) is 9.27. The maximum atomic E-state index is 13.3. The van der Waals surface area contributed by atoms with Crippen molar-refractivity contribution in [1.29, 1.82) is 0 Å². The van der Waals surface area contributed by atoms with E-state index in [0.717, 1.165) is 11.3 Å². The third kappa shape index (κ3) is 5.70. The van der Waals surface area contributed by atoms with Crippen LogP contribution in [-0.2, 0) is 15.6 Å². The lowest BCUT2D eigenvalue weighted by molar-refractivity contribution is -0.258. The lowest BCUT2D eigenvalue weighted by Gasteiger charge is -2.46. The second kappa shape index (κ2) is 10.1. The van der Waals surface area contributed by atoms with E-state index < -0.39 is 32.4 Å². The van der Waals surface area contributed by atoms with Crippen molar-refractivity contribution in [2.75, 3.05) is 55.7 Å². The first-order chi connectivity index (χ1) is 16.7. The average molecular weight is 570 g/mol. The molecule has 4 rings (SSSR count). The van der Waals surface area contributed by atoms with E-state index in [0.29, 0.717) is 38.8 Å². The smallest absolute Gasteiger partial charge is 0.376 e. The van der Waals surface area contributed by atoms with Gasteiger partial charge in [0.15, 0.2) is 5.60 Å². The molecule has 2 aromatic rings. The van der Waals surface area contributed by atoms with Crippen molar-refractivity contribution < 1.29 is 35.8 Å². The van der Waals surface area contributed by atoms with Crippen LogP contribution in [0.3, 0.4) is 0 Å². The maximum Gasteiger partial charge on any atom is 0.421 e. The molecule has 0 bridgehead atoms. The Labute approximate surface area is 214 Å². The molecule has 14 heteroatoms. The van der Waals surface area contributed by atoms with E-state index in [1.165, 1.54) is 28.6 Å². The molecule has 3 heterocycles. The largest absolute Gasteiger partial charge is 0.421 e. The minimum atomic E-state index is -4.83. The van der Waals surface area contributed by atoms with Crippen LogP contribution in [0.15, 0.2) is 46.0 Å². The molecule has 2 aliphatic rings. The molecule has 8 nitrogen and oxygen atoms in total. The summed E-state index contributed by atoms with van der Waals surface area (Å²) in [4.78, 5) is 4.03. The van der Waals surface area contributed by atoms with Gasteiger partial charge < -0.3 is 10.0 Å². The summed E-state index contributed by atoms with van der Waals surface area (Å²) >= 11 is 1.14. The zero-order valence-electron chi connectivity index (χ0n) is 19.6. The normalized spacial score (nSPS) is 24.9. The van der Waals surface area contributed by atoms with E-state index in [1.54, 1.807) is 17.5 Å². The Bertz CT molecular complexity index is 1130. The fraction of sp³-hybridized carbons (Fsp3) is 0.545. The first-order valence-electron chi connectivity index (χ1n) is 11.4. The fourth-order valence-corrected chi connectivity index (χ4v) is 8.38. The molecule has 1 aromatic heterocycles. The number of rotatable bonds is 6. The molecule has 1 aromatic carbocycles. The number of halogens is 3. The Kier molecular flexibility index (Phi) is 7.72. The van der Waals surface area contributed by atoms with Crippen LogP contribution in [-0.4, -0.2) is 94.8 Å². The SMILES string of the molecule is CC(O)(c1ccc(N2CCN(S(=O)(=O)c3cccs3)C[C@@H]2CN2CCS(O)(O)CC2)cc1)C(F)(F)F. The number of nitrogens with zero attached hydrogens (tertiary/aromatic N) is 3. The van der Waals surface area contributed by atoms with Crippen LogP contribution in [0.2, 0.25) is 0 Å². The Hall–Kier alpha value is -1.39. The highest BCUT2D eigenvalue weighted by atomic mass is 32.3. The topological polar surface area (TPSA) is 105 Å². The third-order valence-corrected chi connectivity index (χ3v) is 11.7. The molecule has 202 valence electrons. The molecule has 2 aliphatic heterocycles. The maximum absolute atomic E-state index is 13.3. The van der Waals surface area contributed by atoms with Crippen LogP contribution >= 0.6 is 21.9 Å². The van der Waals surface area contributed by atoms with Gasteiger partial charge in [0.25, 0.3) is 10.0 Å². The molecule has 1 unspecified atom stereocenters. The van der Waals surface area contributed by atoms with Gasteiger partial charge in [-0.05, 0) is 36.1 Å². The quantitative estimate of drug-likeness (QED) is 0.490. The molecule has 0 radical (unpaired) electrons. The summed E-state index contributed by atoms with van der Waals surface area (Å²) in [5.74, 6) is 0.496. The zero-order chi connectivity index (χ0) is 26.4. The highest BCUT2D eigenvalue weighted by molar-refractivity contribution is 8.24. The molecule has 0 aliphatic carbocycles. The van der Waals surface area contributed by atoms with Crippen LogP contribution in [0.5, 0.6) is 0 Å². The number of aliphatic hydroxyl groups is 1. The van der Waals surface area contributed by atoms with Gasteiger partial charge in [-0.2, -0.15) is 28.1 Å². The minimum Gasteiger partial charge on any atom is -0.376 e. The molecular weight excluding hydrogens is 539 g/mol. The summed E-state index contributed by atoms with van der Waals surface area (Å²) in [5, 5.41) is 11.7. The number of hydrogen-bond donors (Lipinski definition) is 3. The van der Waals surface area contributed by atoms with Crippen molar-refractivity contribution in [3.8, 4) is 0 Å². The molecule has 0 spiro atoms.